The molecule has 6 heteroatoms. The van der Waals surface area contributed by atoms with Crippen LogP contribution in [0.5, 0.6) is 0 Å². The molecule has 2 heterocycles. The number of rotatable bonds is 5. The number of esters is 1. The maximum Gasteiger partial charge on any atom is 0.354 e. The molecule has 1 fully saturated rings. The largest absolute Gasteiger partial charge is 0.464 e. The van der Waals surface area contributed by atoms with Crippen LogP contribution in [-0.4, -0.2) is 47.6 Å². The van der Waals surface area contributed by atoms with E-state index in [1.165, 1.54) is 7.11 Å². The van der Waals surface area contributed by atoms with Gasteiger partial charge in [-0.05, 0) is 62.9 Å². The first-order valence-electron chi connectivity index (χ1n) is 9.78. The van der Waals surface area contributed by atoms with Gasteiger partial charge in [0.15, 0.2) is 0 Å². The fraction of sp³-hybridized carbons (Fsp3) is 0.455. The van der Waals surface area contributed by atoms with E-state index >= 15 is 0 Å². The van der Waals surface area contributed by atoms with Crippen molar-refractivity contribution in [3.05, 3.63) is 53.3 Å². The molecular weight excluding hydrogens is 354 g/mol. The minimum absolute atomic E-state index is 0.0170. The fourth-order valence-electron chi connectivity index (χ4n) is 3.81. The Morgan fingerprint density at radius 2 is 1.89 bits per heavy atom. The SMILES string of the molecule is COC(=O)c1cccn1C1CCN(C(C)C(=O)Nc2cc(C)ccc2C)CC1. The number of ether oxygens (including phenoxy) is 1. The molecule has 3 rings (SSSR count). The van der Waals surface area contributed by atoms with E-state index in [4.69, 9.17) is 4.74 Å². The number of aryl methyl sites for hydroxylation is 2. The van der Waals surface area contributed by atoms with Crippen LogP contribution in [0, 0.1) is 13.8 Å². The van der Waals surface area contributed by atoms with Crippen LogP contribution < -0.4 is 5.32 Å². The molecule has 1 unspecified atom stereocenters. The number of hydrogen-bond donors (Lipinski definition) is 1. The molecule has 1 aromatic heterocycles. The number of anilines is 1. The molecule has 0 aliphatic carbocycles. The lowest BCUT2D eigenvalue weighted by Gasteiger charge is -2.36. The molecular formula is C22H29N3O3. The average Bonchev–Trinajstić information content (AvgIpc) is 3.19. The van der Waals surface area contributed by atoms with E-state index in [0.717, 1.165) is 42.7 Å². The smallest absolute Gasteiger partial charge is 0.354 e. The Hall–Kier alpha value is -2.60. The Balaban J connectivity index is 1.60. The monoisotopic (exact) mass is 383 g/mol. The molecule has 1 atom stereocenters. The molecule has 150 valence electrons. The van der Waals surface area contributed by atoms with Crippen LogP contribution in [0.15, 0.2) is 36.5 Å². The minimum Gasteiger partial charge on any atom is -0.464 e. The first-order chi connectivity index (χ1) is 13.4. The van der Waals surface area contributed by atoms with Crippen LogP contribution in [0.1, 0.15) is 47.4 Å². The summed E-state index contributed by atoms with van der Waals surface area (Å²) in [7, 11) is 1.40. The van der Waals surface area contributed by atoms with Crippen LogP contribution in [0.2, 0.25) is 0 Å². The summed E-state index contributed by atoms with van der Waals surface area (Å²) in [6, 6.07) is 9.78. The third-order valence-corrected chi connectivity index (χ3v) is 5.64. The van der Waals surface area contributed by atoms with Gasteiger partial charge >= 0.3 is 5.97 Å². The lowest BCUT2D eigenvalue weighted by molar-refractivity contribution is -0.121. The van der Waals surface area contributed by atoms with Crippen LogP contribution >= 0.6 is 0 Å². The van der Waals surface area contributed by atoms with E-state index < -0.39 is 0 Å². The van der Waals surface area contributed by atoms with Gasteiger partial charge in [0.25, 0.3) is 0 Å². The normalized spacial score (nSPS) is 16.6. The summed E-state index contributed by atoms with van der Waals surface area (Å²) >= 11 is 0. The van der Waals surface area contributed by atoms with Crippen LogP contribution in [-0.2, 0) is 9.53 Å². The number of nitrogens with zero attached hydrogens (tertiary/aromatic N) is 2. The van der Waals surface area contributed by atoms with E-state index in [9.17, 15) is 9.59 Å². The number of aromatic nitrogens is 1. The molecule has 1 saturated heterocycles. The second-order valence-electron chi connectivity index (χ2n) is 7.54. The number of amides is 1. The summed E-state index contributed by atoms with van der Waals surface area (Å²) in [6.07, 6.45) is 3.71. The summed E-state index contributed by atoms with van der Waals surface area (Å²) in [5.41, 5.74) is 3.65. The quantitative estimate of drug-likeness (QED) is 0.802. The van der Waals surface area contributed by atoms with Crippen LogP contribution in [0.3, 0.4) is 0 Å². The Labute approximate surface area is 166 Å². The molecule has 1 aliphatic rings. The molecule has 0 spiro atoms. The zero-order valence-electron chi connectivity index (χ0n) is 17.1. The van der Waals surface area contributed by atoms with Crippen LogP contribution in [0.25, 0.3) is 0 Å². The van der Waals surface area contributed by atoms with E-state index in [1.54, 1.807) is 6.07 Å². The predicted molar refractivity (Wildman–Crippen MR) is 110 cm³/mol. The first kappa shape index (κ1) is 20.1. The number of hydrogen-bond acceptors (Lipinski definition) is 4. The summed E-state index contributed by atoms with van der Waals surface area (Å²) in [5, 5.41) is 3.07. The molecule has 1 N–H and O–H groups in total. The molecule has 1 aromatic carbocycles. The molecule has 1 aliphatic heterocycles. The number of carbonyl (C=O) groups is 2. The van der Waals surface area contributed by atoms with Gasteiger partial charge in [-0.15, -0.1) is 0 Å². The van der Waals surface area contributed by atoms with Gasteiger partial charge in [-0.25, -0.2) is 4.79 Å². The Kier molecular flexibility index (Phi) is 6.19. The maximum absolute atomic E-state index is 12.7. The van der Waals surface area contributed by atoms with Gasteiger partial charge in [0, 0.05) is 31.0 Å². The molecule has 0 radical (unpaired) electrons. The predicted octanol–water partition coefficient (Wildman–Crippen LogP) is 3.56. The maximum atomic E-state index is 12.7. The zero-order chi connectivity index (χ0) is 20.3. The number of benzene rings is 1. The van der Waals surface area contributed by atoms with Crippen molar-refractivity contribution in [3.8, 4) is 0 Å². The highest BCUT2D eigenvalue weighted by molar-refractivity contribution is 5.95. The summed E-state index contributed by atoms with van der Waals surface area (Å²) in [6.45, 7) is 7.60. The highest BCUT2D eigenvalue weighted by atomic mass is 16.5. The minimum atomic E-state index is -0.311. The third-order valence-electron chi connectivity index (χ3n) is 5.64. The first-order valence-corrected chi connectivity index (χ1v) is 9.78. The van der Waals surface area contributed by atoms with E-state index in [0.29, 0.717) is 5.69 Å². The van der Waals surface area contributed by atoms with Crippen molar-refractivity contribution in [2.75, 3.05) is 25.5 Å². The lowest BCUT2D eigenvalue weighted by Crippen LogP contribution is -2.46. The van der Waals surface area contributed by atoms with Gasteiger partial charge in [0.2, 0.25) is 5.91 Å². The van der Waals surface area contributed by atoms with Gasteiger partial charge in [-0.2, -0.15) is 0 Å². The number of likely N-dealkylation sites (tertiary alicyclic amines) is 1. The van der Waals surface area contributed by atoms with Gasteiger partial charge in [0.05, 0.1) is 13.2 Å². The third kappa shape index (κ3) is 4.28. The zero-order valence-corrected chi connectivity index (χ0v) is 17.1. The van der Waals surface area contributed by atoms with Crippen molar-refractivity contribution in [1.29, 1.82) is 0 Å². The highest BCUT2D eigenvalue weighted by Crippen LogP contribution is 2.26. The summed E-state index contributed by atoms with van der Waals surface area (Å²) in [5.74, 6) is -0.294. The Morgan fingerprint density at radius 3 is 2.57 bits per heavy atom. The summed E-state index contributed by atoms with van der Waals surface area (Å²) in [4.78, 5) is 26.9. The van der Waals surface area contributed by atoms with Gasteiger partial charge in [0.1, 0.15) is 5.69 Å². The molecule has 1 amide bonds. The van der Waals surface area contributed by atoms with Crippen molar-refractivity contribution >= 4 is 17.6 Å². The standard InChI is InChI=1S/C22H29N3O3/c1-15-7-8-16(2)19(14-15)23-21(26)17(3)24-12-9-18(10-13-24)25-11-5-6-20(25)22(27)28-4/h5-8,11,14,17-18H,9-10,12-13H2,1-4H3,(H,23,26). The second-order valence-corrected chi connectivity index (χ2v) is 7.54. The molecule has 6 nitrogen and oxygen atoms in total. The topological polar surface area (TPSA) is 63.6 Å². The van der Waals surface area contributed by atoms with Crippen LogP contribution in [0.4, 0.5) is 5.69 Å². The average molecular weight is 383 g/mol. The van der Waals surface area contributed by atoms with Crippen molar-refractivity contribution in [3.63, 3.8) is 0 Å². The van der Waals surface area contributed by atoms with E-state index in [-0.39, 0.29) is 24.0 Å². The highest BCUT2D eigenvalue weighted by Gasteiger charge is 2.28. The number of nitrogens with one attached hydrogen (secondary N) is 1. The van der Waals surface area contributed by atoms with Gasteiger partial charge < -0.3 is 14.6 Å². The molecule has 0 bridgehead atoms. The van der Waals surface area contributed by atoms with Crippen molar-refractivity contribution < 1.29 is 14.3 Å². The molecule has 28 heavy (non-hydrogen) atoms. The molecule has 2 aromatic rings. The van der Waals surface area contributed by atoms with Crippen molar-refractivity contribution in [2.24, 2.45) is 0 Å². The van der Waals surface area contributed by atoms with Gasteiger partial charge in [-0.3, -0.25) is 9.69 Å². The molecule has 0 saturated carbocycles. The number of methoxy groups -OCH3 is 1. The van der Waals surface area contributed by atoms with Crippen molar-refractivity contribution in [1.82, 2.24) is 9.47 Å². The summed E-state index contributed by atoms with van der Waals surface area (Å²) < 4.78 is 6.87. The fourth-order valence-corrected chi connectivity index (χ4v) is 3.81. The Morgan fingerprint density at radius 1 is 1.18 bits per heavy atom. The van der Waals surface area contributed by atoms with E-state index in [1.807, 2.05) is 55.8 Å². The Bertz CT molecular complexity index is 850. The van der Waals surface area contributed by atoms with E-state index in [2.05, 4.69) is 10.2 Å². The second kappa shape index (κ2) is 8.61. The van der Waals surface area contributed by atoms with Gasteiger partial charge in [-0.1, -0.05) is 12.1 Å². The number of carbonyl (C=O) groups excluding carboxylic acids is 2. The van der Waals surface area contributed by atoms with Crippen molar-refractivity contribution in [2.45, 2.75) is 45.7 Å². The lowest BCUT2D eigenvalue weighted by atomic mass is 10.0. The number of piperidine rings is 1.